The fourth-order valence-electron chi connectivity index (χ4n) is 1.90. The third-order valence-electron chi connectivity index (χ3n) is 3.05. The van der Waals surface area contributed by atoms with Crippen LogP contribution in [0.3, 0.4) is 0 Å². The monoisotopic (exact) mass is 273 g/mol. The molecule has 7 heteroatoms. The van der Waals surface area contributed by atoms with Crippen LogP contribution >= 0.6 is 0 Å². The molecule has 2 atom stereocenters. The maximum Gasteiger partial charge on any atom is 0.326 e. The van der Waals surface area contributed by atoms with Crippen LogP contribution in [0.5, 0.6) is 0 Å². The van der Waals surface area contributed by atoms with Crippen molar-refractivity contribution >= 4 is 12.0 Å². The zero-order valence-corrected chi connectivity index (χ0v) is 11.7. The zero-order valence-electron chi connectivity index (χ0n) is 11.7. The summed E-state index contributed by atoms with van der Waals surface area (Å²) in [7, 11) is 1.99. The van der Waals surface area contributed by atoms with Gasteiger partial charge in [0.2, 0.25) is 0 Å². The van der Waals surface area contributed by atoms with Crippen molar-refractivity contribution in [2.24, 2.45) is 5.92 Å². The number of carbonyl (C=O) groups excluding carboxylic acids is 1. The number of morpholine rings is 1. The first kappa shape index (κ1) is 15.7. The molecule has 0 radical (unpaired) electrons. The maximum absolute atomic E-state index is 11.6. The lowest BCUT2D eigenvalue weighted by molar-refractivity contribution is -0.140. The van der Waals surface area contributed by atoms with Gasteiger partial charge in [-0.2, -0.15) is 0 Å². The smallest absolute Gasteiger partial charge is 0.326 e. The highest BCUT2D eigenvalue weighted by atomic mass is 16.5. The summed E-state index contributed by atoms with van der Waals surface area (Å²) in [6.45, 7) is 6.16. The van der Waals surface area contributed by atoms with E-state index in [0.29, 0.717) is 13.2 Å². The molecule has 7 nitrogen and oxygen atoms in total. The Morgan fingerprint density at radius 2 is 2.16 bits per heavy atom. The predicted molar refractivity (Wildman–Crippen MR) is 70.0 cm³/mol. The summed E-state index contributed by atoms with van der Waals surface area (Å²) in [5, 5.41) is 14.1. The number of urea groups is 1. The molecular formula is C12H23N3O4. The molecule has 2 unspecified atom stereocenters. The second-order valence-corrected chi connectivity index (χ2v) is 5.17. The lowest BCUT2D eigenvalue weighted by Crippen LogP contribution is -2.52. The van der Waals surface area contributed by atoms with Crippen LogP contribution < -0.4 is 10.6 Å². The first-order valence-corrected chi connectivity index (χ1v) is 6.47. The molecule has 1 fully saturated rings. The number of ether oxygens (including phenoxy) is 1. The van der Waals surface area contributed by atoms with Gasteiger partial charge in [0.15, 0.2) is 0 Å². The fourth-order valence-corrected chi connectivity index (χ4v) is 1.90. The average Bonchev–Trinajstić information content (AvgIpc) is 2.32. The molecule has 0 bridgehead atoms. The highest BCUT2D eigenvalue weighted by molar-refractivity contribution is 5.82. The number of amides is 2. The van der Waals surface area contributed by atoms with Crippen molar-refractivity contribution in [2.75, 3.05) is 33.3 Å². The molecule has 1 aliphatic rings. The third kappa shape index (κ3) is 5.44. The lowest BCUT2D eigenvalue weighted by atomic mass is 10.1. The number of likely N-dealkylation sites (N-methyl/N-ethyl adjacent to an activating group) is 1. The van der Waals surface area contributed by atoms with E-state index < -0.39 is 18.0 Å². The standard InChI is InChI=1S/C12H23N3O4/c1-8(2)10(11(16)17)14-12(18)13-6-9-7-15(3)4-5-19-9/h8-10H,4-7H2,1-3H3,(H,16,17)(H2,13,14,18). The Labute approximate surface area is 113 Å². The van der Waals surface area contributed by atoms with Crippen molar-refractivity contribution in [3.63, 3.8) is 0 Å². The second kappa shape index (κ2) is 7.30. The molecule has 0 aromatic rings. The van der Waals surface area contributed by atoms with Gasteiger partial charge in [0, 0.05) is 19.6 Å². The summed E-state index contributed by atoms with van der Waals surface area (Å²) >= 11 is 0. The molecule has 0 spiro atoms. The summed E-state index contributed by atoms with van der Waals surface area (Å²) in [4.78, 5) is 24.7. The van der Waals surface area contributed by atoms with E-state index in [2.05, 4.69) is 15.5 Å². The minimum absolute atomic E-state index is 0.0492. The van der Waals surface area contributed by atoms with Crippen LogP contribution in [0.1, 0.15) is 13.8 Å². The molecule has 0 aliphatic carbocycles. The van der Waals surface area contributed by atoms with Gasteiger partial charge in [-0.1, -0.05) is 13.8 Å². The first-order valence-electron chi connectivity index (χ1n) is 6.47. The summed E-state index contributed by atoms with van der Waals surface area (Å²) < 4.78 is 5.50. The second-order valence-electron chi connectivity index (χ2n) is 5.17. The van der Waals surface area contributed by atoms with E-state index in [1.165, 1.54) is 0 Å². The number of rotatable bonds is 5. The van der Waals surface area contributed by atoms with E-state index in [4.69, 9.17) is 9.84 Å². The van der Waals surface area contributed by atoms with Crippen molar-refractivity contribution in [1.29, 1.82) is 0 Å². The zero-order chi connectivity index (χ0) is 14.4. The molecule has 1 saturated heterocycles. The van der Waals surface area contributed by atoms with Crippen LogP contribution in [0.15, 0.2) is 0 Å². The molecule has 3 N–H and O–H groups in total. The number of carboxylic acids is 1. The molecule has 1 aliphatic heterocycles. The van der Waals surface area contributed by atoms with Gasteiger partial charge in [-0.05, 0) is 13.0 Å². The number of aliphatic carboxylic acids is 1. The molecule has 1 rings (SSSR count). The lowest BCUT2D eigenvalue weighted by Gasteiger charge is -2.30. The van der Waals surface area contributed by atoms with Gasteiger partial charge < -0.3 is 25.4 Å². The Hall–Kier alpha value is -1.34. The van der Waals surface area contributed by atoms with E-state index >= 15 is 0 Å². The summed E-state index contributed by atoms with van der Waals surface area (Å²) in [5.41, 5.74) is 0. The van der Waals surface area contributed by atoms with Crippen molar-refractivity contribution in [2.45, 2.75) is 26.0 Å². The van der Waals surface area contributed by atoms with Gasteiger partial charge in [-0.15, -0.1) is 0 Å². The topological polar surface area (TPSA) is 90.9 Å². The number of carbonyl (C=O) groups is 2. The van der Waals surface area contributed by atoms with E-state index in [-0.39, 0.29) is 12.0 Å². The normalized spacial score (nSPS) is 22.0. The van der Waals surface area contributed by atoms with E-state index in [1.807, 2.05) is 7.05 Å². The molecule has 0 aromatic heterocycles. The van der Waals surface area contributed by atoms with Gasteiger partial charge in [-0.3, -0.25) is 0 Å². The molecule has 1 heterocycles. The molecular weight excluding hydrogens is 250 g/mol. The molecule has 110 valence electrons. The number of carboxylic acid groups (broad SMARTS) is 1. The number of nitrogens with zero attached hydrogens (tertiary/aromatic N) is 1. The van der Waals surface area contributed by atoms with E-state index in [1.54, 1.807) is 13.8 Å². The van der Waals surface area contributed by atoms with Gasteiger partial charge >= 0.3 is 12.0 Å². The first-order chi connectivity index (χ1) is 8.90. The predicted octanol–water partition coefficient (Wildman–Crippen LogP) is -0.275. The molecule has 0 saturated carbocycles. The minimum atomic E-state index is -1.03. The Balaban J connectivity index is 2.32. The minimum Gasteiger partial charge on any atom is -0.480 e. The number of nitrogens with one attached hydrogen (secondary N) is 2. The quantitative estimate of drug-likeness (QED) is 0.641. The summed E-state index contributed by atoms with van der Waals surface area (Å²) in [6.07, 6.45) is -0.0492. The number of hydrogen-bond acceptors (Lipinski definition) is 4. The van der Waals surface area contributed by atoms with Crippen molar-refractivity contribution in [3.05, 3.63) is 0 Å². The highest BCUT2D eigenvalue weighted by Crippen LogP contribution is 2.03. The Morgan fingerprint density at radius 3 is 2.68 bits per heavy atom. The van der Waals surface area contributed by atoms with Gasteiger partial charge in [0.1, 0.15) is 6.04 Å². The van der Waals surface area contributed by atoms with Crippen LogP contribution in [-0.4, -0.2) is 67.4 Å². The van der Waals surface area contributed by atoms with Crippen LogP contribution in [0.4, 0.5) is 4.79 Å². The third-order valence-corrected chi connectivity index (χ3v) is 3.05. The van der Waals surface area contributed by atoms with Crippen molar-refractivity contribution in [1.82, 2.24) is 15.5 Å². The van der Waals surface area contributed by atoms with Crippen LogP contribution in [-0.2, 0) is 9.53 Å². The molecule has 19 heavy (non-hydrogen) atoms. The van der Waals surface area contributed by atoms with Gasteiger partial charge in [0.25, 0.3) is 0 Å². The van der Waals surface area contributed by atoms with E-state index in [9.17, 15) is 9.59 Å². The van der Waals surface area contributed by atoms with Crippen LogP contribution in [0.2, 0.25) is 0 Å². The summed E-state index contributed by atoms with van der Waals surface area (Å²) in [6, 6.07) is -1.35. The largest absolute Gasteiger partial charge is 0.480 e. The van der Waals surface area contributed by atoms with E-state index in [0.717, 1.165) is 13.1 Å². The van der Waals surface area contributed by atoms with Gasteiger partial charge in [-0.25, -0.2) is 9.59 Å². The Morgan fingerprint density at radius 1 is 1.47 bits per heavy atom. The van der Waals surface area contributed by atoms with Crippen molar-refractivity contribution in [3.8, 4) is 0 Å². The Bertz CT molecular complexity index is 322. The number of hydrogen-bond donors (Lipinski definition) is 3. The average molecular weight is 273 g/mol. The van der Waals surface area contributed by atoms with Crippen LogP contribution in [0.25, 0.3) is 0 Å². The fraction of sp³-hybridized carbons (Fsp3) is 0.833. The Kier molecular flexibility index (Phi) is 6.04. The SMILES string of the molecule is CC(C)C(NC(=O)NCC1CN(C)CCO1)C(=O)O. The van der Waals surface area contributed by atoms with Crippen molar-refractivity contribution < 1.29 is 19.4 Å². The molecule has 0 aromatic carbocycles. The highest BCUT2D eigenvalue weighted by Gasteiger charge is 2.24. The maximum atomic E-state index is 11.6. The summed E-state index contributed by atoms with van der Waals surface area (Å²) in [5.74, 6) is -1.20. The van der Waals surface area contributed by atoms with Crippen LogP contribution in [0, 0.1) is 5.92 Å². The molecule has 2 amide bonds. The van der Waals surface area contributed by atoms with Gasteiger partial charge in [0.05, 0.1) is 12.7 Å².